The second-order valence-electron chi connectivity index (χ2n) is 16.6. The van der Waals surface area contributed by atoms with E-state index in [9.17, 15) is 9.59 Å². The van der Waals surface area contributed by atoms with Gasteiger partial charge in [0.1, 0.15) is 0 Å². The highest BCUT2D eigenvalue weighted by Gasteiger charge is 2.91. The van der Waals surface area contributed by atoms with E-state index in [1.54, 1.807) is 0 Å². The number of hydrogen-bond acceptors (Lipinski definition) is 4. The van der Waals surface area contributed by atoms with E-state index >= 15 is 0 Å². The van der Waals surface area contributed by atoms with Crippen molar-refractivity contribution in [2.45, 2.75) is 109 Å². The summed E-state index contributed by atoms with van der Waals surface area (Å²) in [5.74, 6) is 4.35. The molecule has 43 heavy (non-hydrogen) atoms. The molecule has 5 nitrogen and oxygen atoms in total. The monoisotopic (exact) mass is 582 g/mol. The van der Waals surface area contributed by atoms with Gasteiger partial charge in [-0.3, -0.25) is 14.5 Å². The zero-order chi connectivity index (χ0) is 29.2. The second kappa shape index (κ2) is 9.28. The smallest absolute Gasteiger partial charge is 0.220 e. The normalized spacial score (nSPS) is 48.7. The van der Waals surface area contributed by atoms with Crippen LogP contribution in [0.15, 0.2) is 42.0 Å². The van der Waals surface area contributed by atoms with E-state index in [1.807, 2.05) is 18.2 Å². The van der Waals surface area contributed by atoms with E-state index in [0.717, 1.165) is 63.1 Å². The van der Waals surface area contributed by atoms with Crippen molar-refractivity contribution in [3.05, 3.63) is 47.5 Å². The Morgan fingerprint density at radius 3 is 2.79 bits per heavy atom. The summed E-state index contributed by atoms with van der Waals surface area (Å²) in [6.07, 6.45) is 16.1. The molecule has 11 atom stereocenters. The topological polar surface area (TPSA) is 58.6 Å². The third-order valence-corrected chi connectivity index (χ3v) is 15.1. The Labute approximate surface area is 257 Å². The molecule has 5 saturated carbocycles. The Kier molecular flexibility index (Phi) is 5.90. The summed E-state index contributed by atoms with van der Waals surface area (Å²) in [7, 11) is 0. The summed E-state index contributed by atoms with van der Waals surface area (Å²) >= 11 is 0. The van der Waals surface area contributed by atoms with Crippen LogP contribution in [0.5, 0.6) is 0 Å². The number of fused-ring (bicyclic) bond motifs is 6. The number of nitrogens with one attached hydrogen (secondary N) is 1. The average Bonchev–Trinajstić information content (AvgIpc) is 3.48. The first-order chi connectivity index (χ1) is 20.8. The first-order valence-electron chi connectivity index (χ1n) is 17.8. The van der Waals surface area contributed by atoms with Crippen molar-refractivity contribution < 1.29 is 14.3 Å². The molecule has 2 aliphatic heterocycles. The molecule has 0 bridgehead atoms. The number of rotatable bonds is 6. The number of carbonyl (C=O) groups is 2. The maximum atomic E-state index is 12.7. The van der Waals surface area contributed by atoms with Crippen LogP contribution >= 0.6 is 0 Å². The third-order valence-electron chi connectivity index (χ3n) is 15.1. The lowest BCUT2D eigenvalue weighted by atomic mass is 9.47. The highest BCUT2D eigenvalue weighted by atomic mass is 16.5. The molecule has 0 radical (unpaired) electrons. The molecular formula is C38H50N2O3. The number of carbonyl (C=O) groups excluding carboxylic acids is 2. The van der Waals surface area contributed by atoms with Gasteiger partial charge in [-0.1, -0.05) is 49.8 Å². The average molecular weight is 583 g/mol. The van der Waals surface area contributed by atoms with E-state index in [2.05, 4.69) is 42.3 Å². The molecule has 5 heteroatoms. The van der Waals surface area contributed by atoms with E-state index < -0.39 is 0 Å². The summed E-state index contributed by atoms with van der Waals surface area (Å²) in [6, 6.07) is 10.9. The second-order valence-corrected chi connectivity index (χ2v) is 16.6. The van der Waals surface area contributed by atoms with Crippen LogP contribution in [0.2, 0.25) is 0 Å². The number of likely N-dealkylation sites (tertiary alicyclic amines) is 1. The van der Waals surface area contributed by atoms with Gasteiger partial charge in [-0.15, -0.1) is 0 Å². The van der Waals surface area contributed by atoms with E-state index in [1.165, 1.54) is 56.1 Å². The van der Waals surface area contributed by atoms with Gasteiger partial charge in [-0.25, -0.2) is 0 Å². The van der Waals surface area contributed by atoms with Crippen LogP contribution in [0.3, 0.4) is 0 Å². The van der Waals surface area contributed by atoms with Gasteiger partial charge < -0.3 is 10.1 Å². The van der Waals surface area contributed by atoms with Gasteiger partial charge in [0.25, 0.3) is 0 Å². The molecule has 2 saturated heterocycles. The van der Waals surface area contributed by atoms with Crippen molar-refractivity contribution in [2.24, 2.45) is 45.8 Å². The Morgan fingerprint density at radius 1 is 1.07 bits per heavy atom. The molecule has 1 aromatic rings. The van der Waals surface area contributed by atoms with Crippen LogP contribution in [0.4, 0.5) is 0 Å². The summed E-state index contributed by atoms with van der Waals surface area (Å²) in [4.78, 5) is 27.7. The number of allylic oxidation sites excluding steroid dienone is 2. The van der Waals surface area contributed by atoms with Crippen LogP contribution < -0.4 is 5.32 Å². The molecule has 1 N–H and O–H groups in total. The molecule has 2 heterocycles. The van der Waals surface area contributed by atoms with Gasteiger partial charge in [0.15, 0.2) is 5.78 Å². The lowest BCUT2D eigenvalue weighted by Gasteiger charge is -2.60. The Morgan fingerprint density at radius 2 is 1.93 bits per heavy atom. The number of ether oxygens (including phenoxy) is 1. The molecule has 9 rings (SSSR count). The molecule has 6 aliphatic carbocycles. The van der Waals surface area contributed by atoms with Crippen molar-refractivity contribution in [1.82, 2.24) is 10.2 Å². The van der Waals surface area contributed by atoms with Crippen LogP contribution in [0.25, 0.3) is 0 Å². The van der Waals surface area contributed by atoms with Gasteiger partial charge in [-0.05, 0) is 110 Å². The third kappa shape index (κ3) is 3.59. The first kappa shape index (κ1) is 27.3. The Balaban J connectivity index is 0.896. The molecule has 7 fully saturated rings. The van der Waals surface area contributed by atoms with Crippen molar-refractivity contribution in [3.8, 4) is 0 Å². The maximum absolute atomic E-state index is 12.7. The van der Waals surface area contributed by atoms with Crippen LogP contribution in [-0.4, -0.2) is 54.0 Å². The Bertz CT molecular complexity index is 1370. The molecular weight excluding hydrogens is 532 g/mol. The van der Waals surface area contributed by atoms with Crippen LogP contribution in [0, 0.1) is 45.8 Å². The molecule has 2 unspecified atom stereocenters. The summed E-state index contributed by atoms with van der Waals surface area (Å²) in [6.45, 7) is 7.74. The summed E-state index contributed by atoms with van der Waals surface area (Å²) in [5, 5.41) is 3.25. The molecule has 8 aliphatic rings. The molecule has 230 valence electrons. The van der Waals surface area contributed by atoms with Crippen molar-refractivity contribution in [1.29, 1.82) is 0 Å². The predicted octanol–water partition coefficient (Wildman–Crippen LogP) is 6.12. The number of nitrogens with zero attached hydrogens (tertiary/aromatic N) is 1. The number of benzene rings is 1. The fourth-order valence-electron chi connectivity index (χ4n) is 13.4. The highest BCUT2D eigenvalue weighted by Crippen LogP contribution is 2.93. The molecule has 1 amide bonds. The molecule has 0 aromatic heterocycles. The fraction of sp³-hybridized carbons (Fsp3) is 0.737. The zero-order valence-electron chi connectivity index (χ0n) is 26.3. The number of hydrogen-bond donors (Lipinski definition) is 1. The Hall–Kier alpha value is -1.98. The standard InChI is InChI=1S/C38H50N2O3/c1-24-18-32-34(40(22-24)17-16-39-33(42)11-8-25-6-4-3-5-7-25)31-21-37-23-36(37)20-30-28(29(36)13-15-38(31,37)43-32)10-9-26-19-27(41)12-14-35(26,30)2/h3-7,19,24,28-32,34H,8-18,20-23H2,1-2H3,(H,39,42)/t24-,28+,29-,30-,31+,32+,34-,35-,36?,37?,38+/m0/s1. The van der Waals surface area contributed by atoms with Gasteiger partial charge in [0.2, 0.25) is 5.91 Å². The number of piperidine rings is 1. The SMILES string of the molecule is C[C@H]1C[C@H]2O[C@@]34CC[C@H]5[C@H]6CCC7=CC(=O)CC[C@]7(C)[C@H]6CC56CC63C[C@@H]4[C@@H]2N(CCNC(=O)CCc2ccccc2)C1. The van der Waals surface area contributed by atoms with E-state index in [-0.39, 0.29) is 16.9 Å². The fourth-order valence-corrected chi connectivity index (χ4v) is 13.4. The summed E-state index contributed by atoms with van der Waals surface area (Å²) < 4.78 is 7.43. The lowest BCUT2D eigenvalue weighted by Crippen LogP contribution is -2.64. The zero-order valence-corrected chi connectivity index (χ0v) is 26.3. The van der Waals surface area contributed by atoms with Crippen molar-refractivity contribution >= 4 is 11.7 Å². The largest absolute Gasteiger partial charge is 0.369 e. The van der Waals surface area contributed by atoms with Gasteiger partial charge in [-0.2, -0.15) is 0 Å². The minimum atomic E-state index is 0.107. The van der Waals surface area contributed by atoms with E-state index in [0.29, 0.717) is 47.0 Å². The van der Waals surface area contributed by atoms with Gasteiger partial charge in [0, 0.05) is 49.9 Å². The minimum Gasteiger partial charge on any atom is -0.369 e. The summed E-state index contributed by atoms with van der Waals surface area (Å²) in [5.41, 5.74) is 4.02. The number of ketones is 1. The number of amides is 1. The first-order valence-corrected chi connectivity index (χ1v) is 17.8. The number of aryl methyl sites for hydroxylation is 1. The minimum absolute atomic E-state index is 0.107. The molecule has 1 aromatic carbocycles. The van der Waals surface area contributed by atoms with Crippen LogP contribution in [-0.2, 0) is 20.7 Å². The quantitative estimate of drug-likeness (QED) is 0.440. The van der Waals surface area contributed by atoms with Crippen molar-refractivity contribution in [3.63, 3.8) is 0 Å². The lowest BCUT2D eigenvalue weighted by molar-refractivity contribution is -0.211. The van der Waals surface area contributed by atoms with E-state index in [4.69, 9.17) is 4.74 Å². The van der Waals surface area contributed by atoms with Gasteiger partial charge in [0.05, 0.1) is 11.7 Å². The predicted molar refractivity (Wildman–Crippen MR) is 166 cm³/mol. The maximum Gasteiger partial charge on any atom is 0.220 e. The molecule has 3 spiro atoms. The highest BCUT2D eigenvalue weighted by molar-refractivity contribution is 5.91. The van der Waals surface area contributed by atoms with Crippen LogP contribution in [0.1, 0.15) is 90.0 Å². The van der Waals surface area contributed by atoms with Crippen molar-refractivity contribution in [2.75, 3.05) is 19.6 Å². The van der Waals surface area contributed by atoms with Gasteiger partial charge >= 0.3 is 0 Å².